The topological polar surface area (TPSA) is 63.5 Å². The summed E-state index contributed by atoms with van der Waals surface area (Å²) in [6.07, 6.45) is 2.49. The molecule has 0 bridgehead atoms. The first-order valence-corrected chi connectivity index (χ1v) is 7.48. The van der Waals surface area contributed by atoms with Crippen molar-refractivity contribution in [3.63, 3.8) is 0 Å². The molecule has 0 aliphatic heterocycles. The maximum Gasteiger partial charge on any atom is 0.274 e. The number of hydrogen-bond acceptors (Lipinski definition) is 3. The van der Waals surface area contributed by atoms with Crippen LogP contribution in [0, 0.1) is 0 Å². The van der Waals surface area contributed by atoms with Gasteiger partial charge in [0, 0.05) is 17.4 Å². The predicted molar refractivity (Wildman–Crippen MR) is 89.0 cm³/mol. The fourth-order valence-corrected chi connectivity index (χ4v) is 2.54. The molecule has 1 amide bonds. The highest BCUT2D eigenvalue weighted by Gasteiger charge is 2.18. The molecule has 0 fully saturated rings. The first-order valence-electron chi connectivity index (χ1n) is 7.48. The number of benzene rings is 1. The number of amides is 1. The van der Waals surface area contributed by atoms with Gasteiger partial charge in [0.05, 0.1) is 5.69 Å². The van der Waals surface area contributed by atoms with Gasteiger partial charge in [0.15, 0.2) is 5.78 Å². The van der Waals surface area contributed by atoms with Gasteiger partial charge in [-0.3, -0.25) is 14.0 Å². The van der Waals surface area contributed by atoms with Crippen molar-refractivity contribution in [1.29, 1.82) is 0 Å². The number of carbonyl (C=O) groups excluding carboxylic acids is 2. The number of aryl methyl sites for hydroxylation is 1. The van der Waals surface area contributed by atoms with E-state index in [0.29, 0.717) is 23.4 Å². The molecule has 0 saturated heterocycles. The zero-order chi connectivity index (χ0) is 16.4. The average Bonchev–Trinajstić information content (AvgIpc) is 2.93. The molecule has 0 aliphatic carbocycles. The van der Waals surface area contributed by atoms with Gasteiger partial charge in [-0.1, -0.05) is 25.1 Å². The lowest BCUT2D eigenvalue weighted by Crippen LogP contribution is -2.16. The molecule has 2 aromatic heterocycles. The van der Waals surface area contributed by atoms with Crippen LogP contribution in [0.1, 0.15) is 40.4 Å². The molecule has 3 rings (SSSR count). The zero-order valence-electron chi connectivity index (χ0n) is 13.0. The largest absolute Gasteiger partial charge is 0.321 e. The minimum Gasteiger partial charge on any atom is -0.321 e. The smallest absolute Gasteiger partial charge is 0.274 e. The Morgan fingerprint density at radius 1 is 1.17 bits per heavy atom. The summed E-state index contributed by atoms with van der Waals surface area (Å²) in [4.78, 5) is 28.6. The molecule has 0 saturated carbocycles. The van der Waals surface area contributed by atoms with Crippen molar-refractivity contribution < 1.29 is 9.59 Å². The molecule has 3 aromatic rings. The van der Waals surface area contributed by atoms with Crippen LogP contribution in [0.5, 0.6) is 0 Å². The molecular formula is C18H17N3O2. The van der Waals surface area contributed by atoms with Crippen LogP contribution in [0.4, 0.5) is 5.69 Å². The van der Waals surface area contributed by atoms with Crippen LogP contribution in [-0.4, -0.2) is 21.1 Å². The second kappa shape index (κ2) is 6.04. The Balaban J connectivity index is 1.98. The minimum atomic E-state index is -0.235. The molecule has 0 spiro atoms. The van der Waals surface area contributed by atoms with Crippen LogP contribution in [0.15, 0.2) is 48.7 Å². The van der Waals surface area contributed by atoms with Crippen molar-refractivity contribution in [3.8, 4) is 0 Å². The summed E-state index contributed by atoms with van der Waals surface area (Å²) in [6, 6.07) is 12.5. The first kappa shape index (κ1) is 15.0. The van der Waals surface area contributed by atoms with E-state index in [4.69, 9.17) is 0 Å². The standard InChI is InChI=1S/C18H17N3O2/c1-3-15-17(21-10-5-4-9-16(21)20-15)18(23)19-14-8-6-7-13(11-14)12(2)22/h4-11H,3H2,1-2H3,(H,19,23). The second-order valence-corrected chi connectivity index (χ2v) is 5.28. The van der Waals surface area contributed by atoms with Gasteiger partial charge in [-0.25, -0.2) is 4.98 Å². The Hall–Kier alpha value is -2.95. The number of ketones is 1. The van der Waals surface area contributed by atoms with Crippen molar-refractivity contribution in [2.45, 2.75) is 20.3 Å². The number of fused-ring (bicyclic) bond motifs is 1. The molecule has 5 heteroatoms. The highest BCUT2D eigenvalue weighted by Crippen LogP contribution is 2.17. The van der Waals surface area contributed by atoms with E-state index in [1.54, 1.807) is 28.7 Å². The summed E-state index contributed by atoms with van der Waals surface area (Å²) < 4.78 is 1.78. The number of imidazole rings is 1. The van der Waals surface area contributed by atoms with E-state index in [9.17, 15) is 9.59 Å². The Bertz CT molecular complexity index is 896. The summed E-state index contributed by atoms with van der Waals surface area (Å²) in [6.45, 7) is 3.47. The highest BCUT2D eigenvalue weighted by molar-refractivity contribution is 6.05. The molecule has 23 heavy (non-hydrogen) atoms. The maximum absolute atomic E-state index is 12.7. The number of pyridine rings is 1. The van der Waals surface area contributed by atoms with Gasteiger partial charge in [-0.05, 0) is 37.6 Å². The van der Waals surface area contributed by atoms with Gasteiger partial charge in [-0.2, -0.15) is 0 Å². The van der Waals surface area contributed by atoms with Gasteiger partial charge in [0.25, 0.3) is 5.91 Å². The van der Waals surface area contributed by atoms with Gasteiger partial charge >= 0.3 is 0 Å². The highest BCUT2D eigenvalue weighted by atomic mass is 16.2. The van der Waals surface area contributed by atoms with Crippen LogP contribution in [0.3, 0.4) is 0 Å². The van der Waals surface area contributed by atoms with E-state index in [0.717, 1.165) is 11.3 Å². The summed E-state index contributed by atoms with van der Waals surface area (Å²) in [5.74, 6) is -0.272. The van der Waals surface area contributed by atoms with Gasteiger partial charge < -0.3 is 5.32 Å². The van der Waals surface area contributed by atoms with Crippen LogP contribution >= 0.6 is 0 Å². The number of anilines is 1. The van der Waals surface area contributed by atoms with E-state index in [-0.39, 0.29) is 11.7 Å². The third-order valence-electron chi connectivity index (χ3n) is 3.68. The Labute approximate surface area is 134 Å². The number of nitrogens with one attached hydrogen (secondary N) is 1. The quantitative estimate of drug-likeness (QED) is 0.752. The SMILES string of the molecule is CCc1nc2ccccn2c1C(=O)Nc1cccc(C(C)=O)c1. The van der Waals surface area contributed by atoms with Crippen LogP contribution < -0.4 is 5.32 Å². The van der Waals surface area contributed by atoms with Gasteiger partial charge in [0.2, 0.25) is 0 Å². The molecule has 116 valence electrons. The summed E-state index contributed by atoms with van der Waals surface area (Å²) >= 11 is 0. The third kappa shape index (κ3) is 2.85. The van der Waals surface area contributed by atoms with Gasteiger partial charge in [0.1, 0.15) is 11.3 Å². The van der Waals surface area contributed by atoms with Crippen LogP contribution in [-0.2, 0) is 6.42 Å². The van der Waals surface area contributed by atoms with Crippen molar-refractivity contribution in [2.24, 2.45) is 0 Å². The summed E-state index contributed by atoms with van der Waals surface area (Å²) in [5.41, 5.74) is 3.17. The molecule has 1 aromatic carbocycles. The minimum absolute atomic E-state index is 0.0369. The maximum atomic E-state index is 12.7. The number of Topliss-reactive ketones (excluding diaryl/α,β-unsaturated/α-hetero) is 1. The van der Waals surface area contributed by atoms with Crippen LogP contribution in [0.25, 0.3) is 5.65 Å². The van der Waals surface area contributed by atoms with Crippen molar-refractivity contribution in [3.05, 3.63) is 65.6 Å². The lowest BCUT2D eigenvalue weighted by Gasteiger charge is -2.07. The number of rotatable bonds is 4. The van der Waals surface area contributed by atoms with E-state index < -0.39 is 0 Å². The first-order chi connectivity index (χ1) is 11.1. The molecule has 0 radical (unpaired) electrons. The molecule has 5 nitrogen and oxygen atoms in total. The Morgan fingerprint density at radius 2 is 2.00 bits per heavy atom. The van der Waals surface area contributed by atoms with Crippen molar-refractivity contribution >= 4 is 23.0 Å². The summed E-state index contributed by atoms with van der Waals surface area (Å²) in [5, 5.41) is 2.85. The molecule has 0 atom stereocenters. The van der Waals surface area contributed by atoms with Crippen molar-refractivity contribution in [2.75, 3.05) is 5.32 Å². The molecule has 0 unspecified atom stereocenters. The number of aromatic nitrogens is 2. The number of nitrogens with zero attached hydrogens (tertiary/aromatic N) is 2. The molecular weight excluding hydrogens is 290 g/mol. The van der Waals surface area contributed by atoms with E-state index in [1.165, 1.54) is 6.92 Å². The fourth-order valence-electron chi connectivity index (χ4n) is 2.54. The lowest BCUT2D eigenvalue weighted by molar-refractivity contribution is 0.100. The second-order valence-electron chi connectivity index (χ2n) is 5.28. The normalized spacial score (nSPS) is 10.7. The molecule has 0 aliphatic rings. The fraction of sp³-hybridized carbons (Fsp3) is 0.167. The van der Waals surface area contributed by atoms with Crippen molar-refractivity contribution in [1.82, 2.24) is 9.38 Å². The molecule has 1 N–H and O–H groups in total. The average molecular weight is 307 g/mol. The predicted octanol–water partition coefficient (Wildman–Crippen LogP) is 3.35. The number of hydrogen-bond donors (Lipinski definition) is 1. The third-order valence-corrected chi connectivity index (χ3v) is 3.68. The van der Waals surface area contributed by atoms with E-state index in [2.05, 4.69) is 10.3 Å². The van der Waals surface area contributed by atoms with Gasteiger partial charge in [-0.15, -0.1) is 0 Å². The Kier molecular flexibility index (Phi) is 3.93. The Morgan fingerprint density at radius 3 is 2.74 bits per heavy atom. The van der Waals surface area contributed by atoms with E-state index in [1.807, 2.05) is 31.3 Å². The monoisotopic (exact) mass is 307 g/mol. The van der Waals surface area contributed by atoms with E-state index >= 15 is 0 Å². The summed E-state index contributed by atoms with van der Waals surface area (Å²) in [7, 11) is 0. The lowest BCUT2D eigenvalue weighted by atomic mass is 10.1. The zero-order valence-corrected chi connectivity index (χ0v) is 13.0. The number of carbonyl (C=O) groups is 2. The van der Waals surface area contributed by atoms with Crippen LogP contribution in [0.2, 0.25) is 0 Å². The molecule has 2 heterocycles.